The van der Waals surface area contributed by atoms with Gasteiger partial charge in [-0.05, 0) is 47.5 Å². The van der Waals surface area contributed by atoms with Gasteiger partial charge in [0, 0.05) is 42.8 Å². The Balaban J connectivity index is 1.83. The minimum atomic E-state index is -0.193. The third kappa shape index (κ3) is 4.61. The number of urea groups is 1. The van der Waals surface area contributed by atoms with Gasteiger partial charge in [0.25, 0.3) is 0 Å². The topological polar surface area (TPSA) is 98.1 Å². The van der Waals surface area contributed by atoms with Crippen molar-refractivity contribution >= 4 is 11.7 Å². The SMILES string of the molecule is CC[C@H](C)N(Cc1ccncc1)C(=O)Nc1cc(OC)cc(-n2cnnn2)c1. The van der Waals surface area contributed by atoms with Crippen molar-refractivity contribution in [1.82, 2.24) is 30.1 Å². The molecule has 0 saturated carbocycles. The maximum Gasteiger partial charge on any atom is 0.322 e. The predicted octanol–water partition coefficient (Wildman–Crippen LogP) is 2.90. The summed E-state index contributed by atoms with van der Waals surface area (Å²) in [5.74, 6) is 0.590. The van der Waals surface area contributed by atoms with Gasteiger partial charge in [-0.15, -0.1) is 5.10 Å². The zero-order chi connectivity index (χ0) is 19.9. The fraction of sp³-hybridized carbons (Fsp3) is 0.316. The lowest BCUT2D eigenvalue weighted by atomic mass is 10.2. The zero-order valence-corrected chi connectivity index (χ0v) is 16.1. The minimum absolute atomic E-state index is 0.0674. The van der Waals surface area contributed by atoms with Gasteiger partial charge >= 0.3 is 6.03 Å². The molecule has 0 fully saturated rings. The summed E-state index contributed by atoms with van der Waals surface area (Å²) >= 11 is 0. The van der Waals surface area contributed by atoms with E-state index in [1.54, 1.807) is 42.6 Å². The lowest BCUT2D eigenvalue weighted by Crippen LogP contribution is -2.40. The van der Waals surface area contributed by atoms with Crippen LogP contribution >= 0.6 is 0 Å². The van der Waals surface area contributed by atoms with Crippen molar-refractivity contribution in [2.75, 3.05) is 12.4 Å². The van der Waals surface area contributed by atoms with Gasteiger partial charge in [-0.1, -0.05) is 6.92 Å². The van der Waals surface area contributed by atoms with Crippen molar-refractivity contribution in [2.45, 2.75) is 32.9 Å². The van der Waals surface area contributed by atoms with E-state index < -0.39 is 0 Å². The summed E-state index contributed by atoms with van der Waals surface area (Å²) in [6.07, 6.45) is 5.77. The molecule has 1 N–H and O–H groups in total. The highest BCUT2D eigenvalue weighted by atomic mass is 16.5. The standard InChI is InChI=1S/C19H23N7O2/c1-4-14(2)25(12-15-5-7-20-8-6-15)19(27)22-16-9-17(11-18(10-16)28-3)26-13-21-23-24-26/h5-11,13-14H,4,12H2,1-3H3,(H,22,27)/t14-/m0/s1. The van der Waals surface area contributed by atoms with Crippen LogP contribution in [0.15, 0.2) is 49.1 Å². The number of aromatic nitrogens is 5. The normalized spacial score (nSPS) is 11.7. The molecule has 0 bridgehead atoms. The second-order valence-corrected chi connectivity index (χ2v) is 6.34. The van der Waals surface area contributed by atoms with Crippen LogP contribution in [-0.2, 0) is 6.54 Å². The summed E-state index contributed by atoms with van der Waals surface area (Å²) in [6, 6.07) is 9.02. The molecule has 3 rings (SSSR count). The molecule has 0 unspecified atom stereocenters. The summed E-state index contributed by atoms with van der Waals surface area (Å²) in [7, 11) is 1.57. The van der Waals surface area contributed by atoms with E-state index in [2.05, 4.69) is 32.7 Å². The summed E-state index contributed by atoms with van der Waals surface area (Å²) in [5, 5.41) is 14.1. The van der Waals surface area contributed by atoms with Crippen molar-refractivity contribution in [3.8, 4) is 11.4 Å². The second-order valence-electron chi connectivity index (χ2n) is 6.34. The monoisotopic (exact) mass is 381 g/mol. The number of amides is 2. The van der Waals surface area contributed by atoms with Crippen LogP contribution in [0, 0.1) is 0 Å². The molecule has 28 heavy (non-hydrogen) atoms. The number of hydrogen-bond donors (Lipinski definition) is 1. The Bertz CT molecular complexity index is 900. The van der Waals surface area contributed by atoms with Crippen LogP contribution in [0.3, 0.4) is 0 Å². The Morgan fingerprint density at radius 1 is 1.29 bits per heavy atom. The summed E-state index contributed by atoms with van der Waals surface area (Å²) in [5.41, 5.74) is 2.30. The van der Waals surface area contributed by atoms with Gasteiger partial charge in [0.1, 0.15) is 12.1 Å². The number of benzene rings is 1. The van der Waals surface area contributed by atoms with E-state index >= 15 is 0 Å². The molecule has 0 radical (unpaired) electrons. The number of anilines is 1. The lowest BCUT2D eigenvalue weighted by molar-refractivity contribution is 0.187. The van der Waals surface area contributed by atoms with Crippen molar-refractivity contribution in [2.24, 2.45) is 0 Å². The first-order valence-electron chi connectivity index (χ1n) is 8.99. The van der Waals surface area contributed by atoms with Gasteiger partial charge in [-0.25, -0.2) is 9.48 Å². The number of methoxy groups -OCH3 is 1. The van der Waals surface area contributed by atoms with Gasteiger partial charge < -0.3 is 15.0 Å². The Hall–Kier alpha value is -3.49. The smallest absolute Gasteiger partial charge is 0.322 e. The van der Waals surface area contributed by atoms with Gasteiger partial charge in [-0.2, -0.15) is 0 Å². The Morgan fingerprint density at radius 3 is 2.71 bits per heavy atom. The molecular formula is C19H23N7O2. The van der Waals surface area contributed by atoms with Crippen molar-refractivity contribution < 1.29 is 9.53 Å². The molecule has 3 aromatic rings. The largest absolute Gasteiger partial charge is 0.497 e. The third-order valence-electron chi connectivity index (χ3n) is 4.48. The Morgan fingerprint density at radius 2 is 2.07 bits per heavy atom. The molecule has 0 aliphatic rings. The first-order chi connectivity index (χ1) is 13.6. The first kappa shape index (κ1) is 19.3. The fourth-order valence-corrected chi connectivity index (χ4v) is 2.71. The number of hydrogen-bond acceptors (Lipinski definition) is 6. The highest BCUT2D eigenvalue weighted by molar-refractivity contribution is 5.90. The number of rotatable bonds is 7. The first-order valence-corrected chi connectivity index (χ1v) is 8.99. The number of pyridine rings is 1. The molecule has 0 aliphatic heterocycles. The molecule has 2 amide bonds. The number of nitrogens with zero attached hydrogens (tertiary/aromatic N) is 6. The zero-order valence-electron chi connectivity index (χ0n) is 16.1. The molecule has 2 aromatic heterocycles. The maximum absolute atomic E-state index is 13.0. The third-order valence-corrected chi connectivity index (χ3v) is 4.48. The van der Waals surface area contributed by atoms with Gasteiger partial charge in [0.2, 0.25) is 0 Å². The number of ether oxygens (including phenoxy) is 1. The Labute approximate surface area is 163 Å². The van der Waals surface area contributed by atoms with Crippen molar-refractivity contribution in [3.05, 3.63) is 54.6 Å². The number of nitrogens with one attached hydrogen (secondary N) is 1. The highest BCUT2D eigenvalue weighted by Gasteiger charge is 2.20. The lowest BCUT2D eigenvalue weighted by Gasteiger charge is -2.29. The number of carbonyl (C=O) groups excluding carboxylic acids is 1. The van der Waals surface area contributed by atoms with E-state index in [0.29, 0.717) is 23.7 Å². The number of tetrazole rings is 1. The van der Waals surface area contributed by atoms with Gasteiger partial charge in [0.05, 0.1) is 12.8 Å². The van der Waals surface area contributed by atoms with Crippen LogP contribution in [0.4, 0.5) is 10.5 Å². The molecule has 0 spiro atoms. The van der Waals surface area contributed by atoms with Gasteiger partial charge in [0.15, 0.2) is 0 Å². The van der Waals surface area contributed by atoms with E-state index in [4.69, 9.17) is 4.74 Å². The van der Waals surface area contributed by atoms with E-state index in [1.807, 2.05) is 19.1 Å². The van der Waals surface area contributed by atoms with Crippen LogP contribution in [0.2, 0.25) is 0 Å². The average molecular weight is 381 g/mol. The van der Waals surface area contributed by atoms with Gasteiger partial charge in [-0.3, -0.25) is 4.98 Å². The van der Waals surface area contributed by atoms with Crippen LogP contribution in [0.1, 0.15) is 25.8 Å². The van der Waals surface area contributed by atoms with E-state index in [1.165, 1.54) is 11.0 Å². The quantitative estimate of drug-likeness (QED) is 0.676. The summed E-state index contributed by atoms with van der Waals surface area (Å²) in [6.45, 7) is 4.57. The molecule has 1 aromatic carbocycles. The van der Waals surface area contributed by atoms with Crippen molar-refractivity contribution in [3.63, 3.8) is 0 Å². The van der Waals surface area contributed by atoms with E-state index in [9.17, 15) is 4.79 Å². The highest BCUT2D eigenvalue weighted by Crippen LogP contribution is 2.24. The van der Waals surface area contributed by atoms with Crippen LogP contribution in [-0.4, -0.2) is 49.3 Å². The molecule has 146 valence electrons. The Kier molecular flexibility index (Phi) is 6.15. The second kappa shape index (κ2) is 8.94. The summed E-state index contributed by atoms with van der Waals surface area (Å²) in [4.78, 5) is 18.9. The van der Waals surface area contributed by atoms with E-state index in [0.717, 1.165) is 12.0 Å². The molecule has 1 atom stereocenters. The molecule has 2 heterocycles. The predicted molar refractivity (Wildman–Crippen MR) is 104 cm³/mol. The minimum Gasteiger partial charge on any atom is -0.497 e. The number of carbonyl (C=O) groups is 1. The van der Waals surface area contributed by atoms with E-state index in [-0.39, 0.29) is 12.1 Å². The van der Waals surface area contributed by atoms with Crippen molar-refractivity contribution in [1.29, 1.82) is 0 Å². The summed E-state index contributed by atoms with van der Waals surface area (Å²) < 4.78 is 6.85. The molecular weight excluding hydrogens is 358 g/mol. The average Bonchev–Trinajstić information content (AvgIpc) is 3.27. The maximum atomic E-state index is 13.0. The van der Waals surface area contributed by atoms with Crippen LogP contribution in [0.25, 0.3) is 5.69 Å². The molecule has 9 heteroatoms. The fourth-order valence-electron chi connectivity index (χ4n) is 2.71. The van der Waals surface area contributed by atoms with Crippen LogP contribution in [0.5, 0.6) is 5.75 Å². The molecule has 0 saturated heterocycles. The molecule has 9 nitrogen and oxygen atoms in total. The van der Waals surface area contributed by atoms with Crippen LogP contribution < -0.4 is 10.1 Å². The molecule has 0 aliphatic carbocycles.